The van der Waals surface area contributed by atoms with Gasteiger partial charge in [-0.25, -0.2) is 0 Å². The van der Waals surface area contributed by atoms with Gasteiger partial charge in [-0.1, -0.05) is 6.42 Å². The third-order valence-electron chi connectivity index (χ3n) is 2.89. The molecule has 1 fully saturated rings. The maximum absolute atomic E-state index is 11.7. The van der Waals surface area contributed by atoms with Crippen LogP contribution in [0.2, 0.25) is 0 Å². The molecule has 0 radical (unpaired) electrons. The zero-order valence-electron chi connectivity index (χ0n) is 9.08. The third-order valence-corrected chi connectivity index (χ3v) is 3.53. The topological polar surface area (TPSA) is 42.0 Å². The standard InChI is InChI=1S/C12H15IN2O/c13-10-4-5-11(15-8-10)7-9-3-1-2-6-14-12(9)16/h4-5,8-9H,1-3,6-7H2,(H,14,16)/t9-/m0/s1. The van der Waals surface area contributed by atoms with E-state index in [0.29, 0.717) is 0 Å². The molecule has 16 heavy (non-hydrogen) atoms. The number of carbonyl (C=O) groups excluding carboxylic acids is 1. The van der Waals surface area contributed by atoms with Crippen molar-refractivity contribution in [3.8, 4) is 0 Å². The lowest BCUT2D eigenvalue weighted by atomic mass is 9.97. The van der Waals surface area contributed by atoms with Gasteiger partial charge in [0.25, 0.3) is 0 Å². The smallest absolute Gasteiger partial charge is 0.223 e. The van der Waals surface area contributed by atoms with Crippen LogP contribution in [0.3, 0.4) is 0 Å². The normalized spacial score (nSPS) is 21.3. The second-order valence-corrected chi connectivity index (χ2v) is 5.40. The van der Waals surface area contributed by atoms with Gasteiger partial charge in [-0.15, -0.1) is 0 Å². The maximum Gasteiger partial charge on any atom is 0.223 e. The van der Waals surface area contributed by atoms with E-state index in [1.54, 1.807) is 0 Å². The fourth-order valence-corrected chi connectivity index (χ4v) is 2.30. The van der Waals surface area contributed by atoms with Gasteiger partial charge in [0.2, 0.25) is 5.91 Å². The molecule has 2 rings (SSSR count). The summed E-state index contributed by atoms with van der Waals surface area (Å²) in [5.41, 5.74) is 1.02. The van der Waals surface area contributed by atoms with E-state index < -0.39 is 0 Å². The SMILES string of the molecule is O=C1NCCCC[C@H]1Cc1ccc(I)cn1. The first-order valence-electron chi connectivity index (χ1n) is 5.64. The fourth-order valence-electron chi connectivity index (χ4n) is 1.98. The minimum atomic E-state index is 0.107. The number of pyridine rings is 1. The second kappa shape index (κ2) is 5.61. The van der Waals surface area contributed by atoms with E-state index in [-0.39, 0.29) is 11.8 Å². The Morgan fingerprint density at radius 1 is 1.44 bits per heavy atom. The second-order valence-electron chi connectivity index (χ2n) is 4.16. The molecular formula is C12H15IN2O. The number of aromatic nitrogens is 1. The van der Waals surface area contributed by atoms with E-state index in [1.165, 1.54) is 0 Å². The molecule has 4 heteroatoms. The number of halogens is 1. The van der Waals surface area contributed by atoms with Crippen molar-refractivity contribution < 1.29 is 4.79 Å². The van der Waals surface area contributed by atoms with Crippen LogP contribution in [0, 0.1) is 9.49 Å². The molecule has 1 atom stereocenters. The first kappa shape index (κ1) is 11.8. The molecule has 0 bridgehead atoms. The van der Waals surface area contributed by atoms with Crippen molar-refractivity contribution in [2.24, 2.45) is 5.92 Å². The Hall–Kier alpha value is -0.650. The van der Waals surface area contributed by atoms with Crippen molar-refractivity contribution in [2.45, 2.75) is 25.7 Å². The maximum atomic E-state index is 11.7. The van der Waals surface area contributed by atoms with Crippen LogP contribution in [0.4, 0.5) is 0 Å². The van der Waals surface area contributed by atoms with Crippen LogP contribution in [-0.4, -0.2) is 17.4 Å². The summed E-state index contributed by atoms with van der Waals surface area (Å²) in [5.74, 6) is 0.299. The van der Waals surface area contributed by atoms with Gasteiger partial charge < -0.3 is 5.32 Å². The van der Waals surface area contributed by atoms with Crippen molar-refractivity contribution in [3.05, 3.63) is 27.6 Å². The Morgan fingerprint density at radius 2 is 2.31 bits per heavy atom. The van der Waals surface area contributed by atoms with Crippen molar-refractivity contribution in [2.75, 3.05) is 6.54 Å². The molecule has 1 saturated heterocycles. The van der Waals surface area contributed by atoms with Gasteiger partial charge in [-0.05, 0) is 47.6 Å². The highest BCUT2D eigenvalue weighted by Gasteiger charge is 2.21. The van der Waals surface area contributed by atoms with E-state index in [1.807, 2.05) is 18.3 Å². The Bertz CT molecular complexity index is 364. The molecule has 2 heterocycles. The molecule has 0 aromatic carbocycles. The van der Waals surface area contributed by atoms with Gasteiger partial charge in [0.1, 0.15) is 0 Å². The molecule has 86 valence electrons. The number of nitrogens with zero attached hydrogens (tertiary/aromatic N) is 1. The van der Waals surface area contributed by atoms with E-state index >= 15 is 0 Å². The summed E-state index contributed by atoms with van der Waals surface area (Å²) in [6, 6.07) is 4.05. The summed E-state index contributed by atoms with van der Waals surface area (Å²) in [6.45, 7) is 0.829. The highest BCUT2D eigenvalue weighted by Crippen LogP contribution is 2.17. The molecule has 0 unspecified atom stereocenters. The van der Waals surface area contributed by atoms with E-state index in [4.69, 9.17) is 0 Å². The van der Waals surface area contributed by atoms with Gasteiger partial charge in [-0.3, -0.25) is 9.78 Å². The number of rotatable bonds is 2. The molecule has 0 spiro atoms. The molecule has 1 aromatic rings. The van der Waals surface area contributed by atoms with E-state index in [2.05, 4.69) is 32.9 Å². The van der Waals surface area contributed by atoms with Crippen LogP contribution >= 0.6 is 22.6 Å². The van der Waals surface area contributed by atoms with Crippen LogP contribution in [0.25, 0.3) is 0 Å². The van der Waals surface area contributed by atoms with Crippen LogP contribution in [0.15, 0.2) is 18.3 Å². The van der Waals surface area contributed by atoms with Crippen molar-refractivity contribution in [1.82, 2.24) is 10.3 Å². The number of hydrogen-bond acceptors (Lipinski definition) is 2. The average Bonchev–Trinajstić information content (AvgIpc) is 2.48. The number of amides is 1. The lowest BCUT2D eigenvalue weighted by Crippen LogP contribution is -2.30. The first-order chi connectivity index (χ1) is 7.75. The summed E-state index contributed by atoms with van der Waals surface area (Å²) >= 11 is 2.24. The van der Waals surface area contributed by atoms with Crippen molar-refractivity contribution >= 4 is 28.5 Å². The quantitative estimate of drug-likeness (QED) is 0.845. The van der Waals surface area contributed by atoms with Crippen LogP contribution < -0.4 is 5.32 Å². The summed E-state index contributed by atoms with van der Waals surface area (Å²) < 4.78 is 1.13. The third kappa shape index (κ3) is 3.17. The number of hydrogen-bond donors (Lipinski definition) is 1. The summed E-state index contributed by atoms with van der Waals surface area (Å²) in [6.07, 6.45) is 5.84. The zero-order chi connectivity index (χ0) is 11.4. The van der Waals surface area contributed by atoms with E-state index in [9.17, 15) is 4.79 Å². The molecule has 1 aliphatic heterocycles. The number of nitrogens with one attached hydrogen (secondary N) is 1. The molecule has 0 aliphatic carbocycles. The minimum absolute atomic E-state index is 0.107. The summed E-state index contributed by atoms with van der Waals surface area (Å²) in [5, 5.41) is 2.96. The Morgan fingerprint density at radius 3 is 3.06 bits per heavy atom. The Kier molecular flexibility index (Phi) is 4.15. The molecule has 1 aromatic heterocycles. The lowest BCUT2D eigenvalue weighted by Gasteiger charge is -2.12. The Balaban J connectivity index is 2.02. The highest BCUT2D eigenvalue weighted by atomic mass is 127. The van der Waals surface area contributed by atoms with Crippen molar-refractivity contribution in [1.29, 1.82) is 0 Å². The zero-order valence-corrected chi connectivity index (χ0v) is 11.2. The van der Waals surface area contributed by atoms with E-state index in [0.717, 1.165) is 41.5 Å². The molecule has 3 nitrogen and oxygen atoms in total. The lowest BCUT2D eigenvalue weighted by molar-refractivity contribution is -0.124. The van der Waals surface area contributed by atoms with Gasteiger partial charge in [0, 0.05) is 34.3 Å². The molecule has 1 aliphatic rings. The van der Waals surface area contributed by atoms with Crippen LogP contribution in [0.1, 0.15) is 25.0 Å². The molecular weight excluding hydrogens is 315 g/mol. The van der Waals surface area contributed by atoms with Gasteiger partial charge in [0.05, 0.1) is 0 Å². The van der Waals surface area contributed by atoms with Gasteiger partial charge >= 0.3 is 0 Å². The molecule has 1 amide bonds. The minimum Gasteiger partial charge on any atom is -0.356 e. The summed E-state index contributed by atoms with van der Waals surface area (Å²) in [7, 11) is 0. The molecule has 1 N–H and O–H groups in total. The largest absolute Gasteiger partial charge is 0.356 e. The predicted molar refractivity (Wildman–Crippen MR) is 71.0 cm³/mol. The fraction of sp³-hybridized carbons (Fsp3) is 0.500. The Labute approximate surface area is 109 Å². The predicted octanol–water partition coefficient (Wildman–Crippen LogP) is 2.15. The first-order valence-corrected chi connectivity index (χ1v) is 6.72. The van der Waals surface area contributed by atoms with Crippen LogP contribution in [-0.2, 0) is 11.2 Å². The monoisotopic (exact) mass is 330 g/mol. The highest BCUT2D eigenvalue weighted by molar-refractivity contribution is 14.1. The van der Waals surface area contributed by atoms with Gasteiger partial charge in [-0.2, -0.15) is 0 Å². The average molecular weight is 330 g/mol. The van der Waals surface area contributed by atoms with Crippen LogP contribution in [0.5, 0.6) is 0 Å². The number of carbonyl (C=O) groups is 1. The molecule has 0 saturated carbocycles. The van der Waals surface area contributed by atoms with Gasteiger partial charge in [0.15, 0.2) is 0 Å². The summed E-state index contributed by atoms with van der Waals surface area (Å²) in [4.78, 5) is 16.1. The van der Waals surface area contributed by atoms with Crippen molar-refractivity contribution in [3.63, 3.8) is 0 Å².